The van der Waals surface area contributed by atoms with Gasteiger partial charge in [-0.05, 0) is 47.2 Å². The summed E-state index contributed by atoms with van der Waals surface area (Å²) in [6, 6.07) is 5.11. The third-order valence-corrected chi connectivity index (χ3v) is 3.96. The first-order valence-corrected chi connectivity index (χ1v) is 7.28. The van der Waals surface area contributed by atoms with Gasteiger partial charge in [0.05, 0.1) is 16.3 Å². The topological polar surface area (TPSA) is 54.9 Å². The van der Waals surface area contributed by atoms with Crippen molar-refractivity contribution in [3.63, 3.8) is 0 Å². The molecular formula is C12H9Cl2IN2O2. The van der Waals surface area contributed by atoms with Gasteiger partial charge in [-0.1, -0.05) is 30.1 Å². The van der Waals surface area contributed by atoms with E-state index in [0.29, 0.717) is 22.7 Å². The van der Waals surface area contributed by atoms with Gasteiger partial charge in [0.15, 0.2) is 0 Å². The Bertz CT molecular complexity index is 752. The molecule has 0 saturated carbocycles. The van der Waals surface area contributed by atoms with Crippen molar-refractivity contribution in [2.45, 2.75) is 13.3 Å². The van der Waals surface area contributed by atoms with Gasteiger partial charge in [-0.15, -0.1) is 0 Å². The van der Waals surface area contributed by atoms with Crippen molar-refractivity contribution in [3.8, 4) is 5.69 Å². The second-order valence-electron chi connectivity index (χ2n) is 3.81. The molecule has 2 aromatic rings. The number of halogens is 3. The summed E-state index contributed by atoms with van der Waals surface area (Å²) in [6.45, 7) is 1.79. The van der Waals surface area contributed by atoms with Crippen LogP contribution in [0.2, 0.25) is 10.2 Å². The molecule has 100 valence electrons. The maximum Gasteiger partial charge on any atom is 0.334 e. The predicted octanol–water partition coefficient (Wildman–Crippen LogP) is 3.00. The van der Waals surface area contributed by atoms with Crippen LogP contribution >= 0.6 is 45.8 Å². The molecule has 19 heavy (non-hydrogen) atoms. The van der Waals surface area contributed by atoms with Crippen molar-refractivity contribution in [1.82, 2.24) is 9.55 Å². The molecule has 1 heterocycles. The van der Waals surface area contributed by atoms with Gasteiger partial charge in [0.25, 0.3) is 5.56 Å². The number of hydrogen-bond acceptors (Lipinski definition) is 2. The van der Waals surface area contributed by atoms with Crippen LogP contribution in [0.3, 0.4) is 0 Å². The third kappa shape index (κ3) is 2.73. The summed E-state index contributed by atoms with van der Waals surface area (Å²) < 4.78 is 1.88. The lowest BCUT2D eigenvalue weighted by Crippen LogP contribution is -2.36. The van der Waals surface area contributed by atoms with E-state index in [2.05, 4.69) is 27.6 Å². The van der Waals surface area contributed by atoms with Crippen LogP contribution in [0.5, 0.6) is 0 Å². The molecule has 0 radical (unpaired) electrons. The number of aromatic nitrogens is 2. The van der Waals surface area contributed by atoms with Crippen molar-refractivity contribution in [3.05, 3.63) is 58.3 Å². The highest BCUT2D eigenvalue weighted by molar-refractivity contribution is 14.1. The minimum absolute atomic E-state index is 0.0792. The van der Waals surface area contributed by atoms with E-state index < -0.39 is 11.2 Å². The second-order valence-corrected chi connectivity index (χ2v) is 5.84. The molecule has 0 aliphatic heterocycles. The van der Waals surface area contributed by atoms with Crippen LogP contribution < -0.4 is 11.2 Å². The SMILES string of the molecule is CCc1c(Cl)[nH]c(=O)n(-c2cc(I)ccc2Cl)c1=O. The molecule has 0 fully saturated rings. The fourth-order valence-electron chi connectivity index (χ4n) is 1.73. The Balaban J connectivity index is 2.87. The summed E-state index contributed by atoms with van der Waals surface area (Å²) in [5.74, 6) is 0. The molecule has 4 nitrogen and oxygen atoms in total. The van der Waals surface area contributed by atoms with E-state index >= 15 is 0 Å². The number of hydrogen-bond donors (Lipinski definition) is 1. The Labute approximate surface area is 132 Å². The van der Waals surface area contributed by atoms with Crippen LogP contribution in [0.25, 0.3) is 5.69 Å². The molecule has 0 amide bonds. The molecule has 0 atom stereocenters. The van der Waals surface area contributed by atoms with E-state index in [4.69, 9.17) is 23.2 Å². The molecule has 0 bridgehead atoms. The van der Waals surface area contributed by atoms with E-state index in [9.17, 15) is 9.59 Å². The lowest BCUT2D eigenvalue weighted by molar-refractivity contribution is 0.841. The van der Waals surface area contributed by atoms with Crippen LogP contribution in [0.15, 0.2) is 27.8 Å². The van der Waals surface area contributed by atoms with E-state index in [1.807, 2.05) is 0 Å². The van der Waals surface area contributed by atoms with E-state index in [0.717, 1.165) is 8.14 Å². The van der Waals surface area contributed by atoms with Gasteiger partial charge in [-0.3, -0.25) is 9.78 Å². The molecule has 0 saturated heterocycles. The highest BCUT2D eigenvalue weighted by Gasteiger charge is 2.14. The quantitative estimate of drug-likeness (QED) is 0.611. The van der Waals surface area contributed by atoms with Crippen LogP contribution in [0, 0.1) is 3.57 Å². The van der Waals surface area contributed by atoms with Crippen molar-refractivity contribution >= 4 is 45.8 Å². The molecule has 1 aromatic carbocycles. The maximum atomic E-state index is 12.3. The Morgan fingerprint density at radius 1 is 1.32 bits per heavy atom. The lowest BCUT2D eigenvalue weighted by atomic mass is 10.2. The van der Waals surface area contributed by atoms with Crippen molar-refractivity contribution in [1.29, 1.82) is 0 Å². The zero-order valence-electron chi connectivity index (χ0n) is 9.84. The van der Waals surface area contributed by atoms with E-state index in [-0.39, 0.29) is 5.15 Å². The van der Waals surface area contributed by atoms with Gasteiger partial charge in [-0.2, -0.15) is 0 Å². The van der Waals surface area contributed by atoms with E-state index in [1.165, 1.54) is 0 Å². The molecular weight excluding hydrogens is 402 g/mol. The molecule has 1 N–H and O–H groups in total. The summed E-state index contributed by atoms with van der Waals surface area (Å²) >= 11 is 14.0. The average Bonchev–Trinajstić information content (AvgIpc) is 2.33. The van der Waals surface area contributed by atoms with E-state index in [1.54, 1.807) is 25.1 Å². The number of benzene rings is 1. The Kier molecular flexibility index (Phi) is 4.37. The molecule has 0 unspecified atom stereocenters. The third-order valence-electron chi connectivity index (χ3n) is 2.65. The standard InChI is InChI=1S/C12H9Cl2IN2O2/c1-2-7-10(14)16-12(19)17(11(7)18)9-5-6(15)3-4-8(9)13/h3-5H,2H2,1H3,(H,16,19). The zero-order valence-corrected chi connectivity index (χ0v) is 13.5. The zero-order chi connectivity index (χ0) is 14.2. The minimum atomic E-state index is -0.601. The summed E-state index contributed by atoms with van der Waals surface area (Å²) in [5, 5.41) is 0.410. The Morgan fingerprint density at radius 3 is 2.63 bits per heavy atom. The fourth-order valence-corrected chi connectivity index (χ4v) is 2.70. The lowest BCUT2D eigenvalue weighted by Gasteiger charge is -2.09. The van der Waals surface area contributed by atoms with Gasteiger partial charge >= 0.3 is 5.69 Å². The highest BCUT2D eigenvalue weighted by atomic mass is 127. The first kappa shape index (κ1) is 14.6. The molecule has 0 spiro atoms. The molecule has 0 aliphatic rings. The number of nitrogens with one attached hydrogen (secondary N) is 1. The summed E-state index contributed by atoms with van der Waals surface area (Å²) in [4.78, 5) is 26.7. The normalized spacial score (nSPS) is 10.7. The Morgan fingerprint density at radius 2 is 2.00 bits per heavy atom. The first-order valence-electron chi connectivity index (χ1n) is 5.44. The Hall–Kier alpha value is -0.790. The van der Waals surface area contributed by atoms with Crippen molar-refractivity contribution < 1.29 is 0 Å². The monoisotopic (exact) mass is 410 g/mol. The van der Waals surface area contributed by atoms with Crippen molar-refractivity contribution in [2.75, 3.05) is 0 Å². The minimum Gasteiger partial charge on any atom is -0.297 e. The van der Waals surface area contributed by atoms with Crippen molar-refractivity contribution in [2.24, 2.45) is 0 Å². The number of aromatic amines is 1. The maximum absolute atomic E-state index is 12.3. The number of nitrogens with zero attached hydrogens (tertiary/aromatic N) is 1. The van der Waals surface area contributed by atoms with Gasteiger partial charge in [0, 0.05) is 3.57 Å². The van der Waals surface area contributed by atoms with Crippen LogP contribution in [-0.2, 0) is 6.42 Å². The highest BCUT2D eigenvalue weighted by Crippen LogP contribution is 2.21. The van der Waals surface area contributed by atoms with Crippen LogP contribution in [0.1, 0.15) is 12.5 Å². The molecule has 0 aliphatic carbocycles. The molecule has 7 heteroatoms. The van der Waals surface area contributed by atoms with Gasteiger partial charge in [-0.25, -0.2) is 9.36 Å². The first-order chi connectivity index (χ1) is 8.95. The van der Waals surface area contributed by atoms with Crippen LogP contribution in [0.4, 0.5) is 0 Å². The molecule has 2 rings (SSSR count). The smallest absolute Gasteiger partial charge is 0.297 e. The van der Waals surface area contributed by atoms with Gasteiger partial charge in [0.1, 0.15) is 5.15 Å². The largest absolute Gasteiger partial charge is 0.334 e. The summed E-state index contributed by atoms with van der Waals surface area (Å²) in [6.07, 6.45) is 0.427. The summed E-state index contributed by atoms with van der Waals surface area (Å²) in [5.41, 5.74) is -0.335. The van der Waals surface area contributed by atoms with Crippen LogP contribution in [-0.4, -0.2) is 9.55 Å². The second kappa shape index (κ2) is 5.68. The number of H-pyrrole nitrogens is 1. The van der Waals surface area contributed by atoms with Gasteiger partial charge < -0.3 is 0 Å². The fraction of sp³-hybridized carbons (Fsp3) is 0.167. The molecule has 1 aromatic heterocycles. The predicted molar refractivity (Wildman–Crippen MR) is 84.8 cm³/mol. The number of rotatable bonds is 2. The summed E-state index contributed by atoms with van der Waals surface area (Å²) in [7, 11) is 0. The average molecular weight is 411 g/mol. The van der Waals surface area contributed by atoms with Gasteiger partial charge in [0.2, 0.25) is 0 Å².